The zero-order valence-corrected chi connectivity index (χ0v) is 12.0. The van der Waals surface area contributed by atoms with Crippen LogP contribution in [0.5, 0.6) is 0 Å². The normalized spacial score (nSPS) is 33.6. The van der Waals surface area contributed by atoms with Crippen molar-refractivity contribution in [3.05, 3.63) is 35.4 Å². The van der Waals surface area contributed by atoms with Crippen molar-refractivity contribution in [3.63, 3.8) is 0 Å². The summed E-state index contributed by atoms with van der Waals surface area (Å²) in [6.07, 6.45) is 2.20. The summed E-state index contributed by atoms with van der Waals surface area (Å²) in [5, 5.41) is 12.4. The predicted molar refractivity (Wildman–Crippen MR) is 78.5 cm³/mol. The minimum Gasteiger partial charge on any atom is -0.324 e. The van der Waals surface area contributed by atoms with Crippen molar-refractivity contribution < 1.29 is 4.79 Å². The maximum absolute atomic E-state index is 12.9. The predicted octanol–water partition coefficient (Wildman–Crippen LogP) is 1.29. The van der Waals surface area contributed by atoms with Crippen LogP contribution in [0, 0.1) is 23.2 Å². The fraction of sp³-hybridized carbons (Fsp3) is 0.529. The lowest BCUT2D eigenvalue weighted by atomic mass is 9.92. The van der Waals surface area contributed by atoms with Crippen LogP contribution >= 0.6 is 0 Å². The first kappa shape index (κ1) is 12.8. The van der Waals surface area contributed by atoms with Crippen molar-refractivity contribution in [3.8, 4) is 6.07 Å². The van der Waals surface area contributed by atoms with Gasteiger partial charge in [0, 0.05) is 25.6 Å². The second-order valence-corrected chi connectivity index (χ2v) is 6.33. The third kappa shape index (κ3) is 1.96. The van der Waals surface area contributed by atoms with Gasteiger partial charge in [0.15, 0.2) is 0 Å². The van der Waals surface area contributed by atoms with Crippen molar-refractivity contribution >= 4 is 5.91 Å². The third-order valence-corrected chi connectivity index (χ3v) is 5.29. The van der Waals surface area contributed by atoms with Gasteiger partial charge in [0.2, 0.25) is 5.91 Å². The monoisotopic (exact) mass is 281 g/mol. The van der Waals surface area contributed by atoms with Gasteiger partial charge in [0.25, 0.3) is 0 Å². The van der Waals surface area contributed by atoms with Gasteiger partial charge >= 0.3 is 0 Å². The molecule has 1 saturated heterocycles. The van der Waals surface area contributed by atoms with E-state index in [1.165, 1.54) is 11.1 Å². The lowest BCUT2D eigenvalue weighted by Crippen LogP contribution is -2.53. The van der Waals surface area contributed by atoms with E-state index in [9.17, 15) is 10.1 Å². The number of amides is 1. The van der Waals surface area contributed by atoms with E-state index in [2.05, 4.69) is 35.7 Å². The van der Waals surface area contributed by atoms with Gasteiger partial charge in [-0.3, -0.25) is 4.79 Å². The average Bonchev–Trinajstić information content (AvgIpc) is 3.29. The molecular weight excluding hydrogens is 262 g/mol. The van der Waals surface area contributed by atoms with Crippen LogP contribution in [0.25, 0.3) is 0 Å². The highest BCUT2D eigenvalue weighted by Gasteiger charge is 2.58. The Morgan fingerprint density at radius 2 is 2.24 bits per heavy atom. The topological polar surface area (TPSA) is 56.1 Å². The Hall–Kier alpha value is -1.86. The summed E-state index contributed by atoms with van der Waals surface area (Å²) in [5.74, 6) is 1.22. The molecule has 21 heavy (non-hydrogen) atoms. The van der Waals surface area contributed by atoms with E-state index in [0.717, 1.165) is 19.4 Å². The van der Waals surface area contributed by atoms with Gasteiger partial charge in [-0.15, -0.1) is 0 Å². The summed E-state index contributed by atoms with van der Waals surface area (Å²) in [6.45, 7) is 2.05. The van der Waals surface area contributed by atoms with Crippen molar-refractivity contribution in [2.24, 2.45) is 11.8 Å². The second-order valence-electron chi connectivity index (χ2n) is 6.33. The highest BCUT2D eigenvalue weighted by molar-refractivity contribution is 5.85. The van der Waals surface area contributed by atoms with Crippen LogP contribution in [-0.4, -0.2) is 36.5 Å². The molecule has 1 heterocycles. The van der Waals surface area contributed by atoms with Gasteiger partial charge in [0.05, 0.1) is 6.07 Å². The quantitative estimate of drug-likeness (QED) is 0.844. The fourth-order valence-corrected chi connectivity index (χ4v) is 4.18. The number of benzene rings is 1. The fourth-order valence-electron chi connectivity index (χ4n) is 4.18. The molecular formula is C17H19N3O. The van der Waals surface area contributed by atoms with Crippen molar-refractivity contribution in [1.29, 1.82) is 5.26 Å². The number of hydrogen-bond donors (Lipinski definition) is 1. The molecule has 108 valence electrons. The summed E-state index contributed by atoms with van der Waals surface area (Å²) in [4.78, 5) is 14.7. The van der Waals surface area contributed by atoms with Crippen molar-refractivity contribution in [1.82, 2.24) is 10.2 Å². The molecule has 3 aliphatic rings. The van der Waals surface area contributed by atoms with Gasteiger partial charge in [-0.1, -0.05) is 24.3 Å². The molecule has 1 amide bonds. The first-order valence-corrected chi connectivity index (χ1v) is 7.80. The number of nitriles is 1. The van der Waals surface area contributed by atoms with Crippen LogP contribution in [0.2, 0.25) is 0 Å². The summed E-state index contributed by atoms with van der Waals surface area (Å²) >= 11 is 0. The van der Waals surface area contributed by atoms with Crippen LogP contribution < -0.4 is 5.32 Å². The van der Waals surface area contributed by atoms with E-state index in [4.69, 9.17) is 0 Å². The molecule has 4 rings (SSSR count). The smallest absolute Gasteiger partial charge is 0.227 e. The number of fused-ring (bicyclic) bond motifs is 3. The molecule has 2 fully saturated rings. The zero-order valence-electron chi connectivity index (χ0n) is 12.0. The Bertz CT molecular complexity index is 621. The Balaban J connectivity index is 1.57. The summed E-state index contributed by atoms with van der Waals surface area (Å²) < 4.78 is 0. The van der Waals surface area contributed by atoms with E-state index < -0.39 is 0 Å². The van der Waals surface area contributed by atoms with E-state index in [0.29, 0.717) is 24.9 Å². The SMILES string of the molecule is N#CC1CNCCN1C(=O)C1C2CCc3ccccc3C21. The zero-order chi connectivity index (χ0) is 14.4. The molecule has 1 aliphatic heterocycles. The number of nitrogens with zero attached hydrogens (tertiary/aromatic N) is 2. The number of rotatable bonds is 1. The molecule has 1 N–H and O–H groups in total. The van der Waals surface area contributed by atoms with Crippen molar-refractivity contribution in [2.45, 2.75) is 24.8 Å². The second kappa shape index (κ2) is 4.85. The maximum atomic E-state index is 12.9. The van der Waals surface area contributed by atoms with Gasteiger partial charge < -0.3 is 10.2 Å². The summed E-state index contributed by atoms with van der Waals surface area (Å²) in [7, 11) is 0. The largest absolute Gasteiger partial charge is 0.324 e. The van der Waals surface area contributed by atoms with E-state index in [-0.39, 0.29) is 17.9 Å². The Morgan fingerprint density at radius 1 is 1.38 bits per heavy atom. The van der Waals surface area contributed by atoms with E-state index in [1.807, 2.05) is 4.90 Å². The summed E-state index contributed by atoms with van der Waals surface area (Å²) in [6, 6.07) is 10.5. The Morgan fingerprint density at radius 3 is 3.10 bits per heavy atom. The van der Waals surface area contributed by atoms with Gasteiger partial charge in [-0.2, -0.15) is 5.26 Å². The molecule has 1 aromatic carbocycles. The number of hydrogen-bond acceptors (Lipinski definition) is 3. The molecule has 4 nitrogen and oxygen atoms in total. The van der Waals surface area contributed by atoms with Gasteiger partial charge in [-0.05, 0) is 35.8 Å². The molecule has 1 aromatic rings. The highest BCUT2D eigenvalue weighted by atomic mass is 16.2. The van der Waals surface area contributed by atoms with Crippen LogP contribution in [0.4, 0.5) is 0 Å². The third-order valence-electron chi connectivity index (χ3n) is 5.29. The molecule has 0 aromatic heterocycles. The minimum atomic E-state index is -0.302. The Labute approximate surface area is 124 Å². The molecule has 0 bridgehead atoms. The number of nitrogens with one attached hydrogen (secondary N) is 1. The van der Waals surface area contributed by atoms with Crippen LogP contribution in [0.3, 0.4) is 0 Å². The van der Waals surface area contributed by atoms with E-state index >= 15 is 0 Å². The average molecular weight is 281 g/mol. The lowest BCUT2D eigenvalue weighted by Gasteiger charge is -2.32. The standard InChI is InChI=1S/C17H19N3O/c18-9-12-10-19-7-8-20(12)17(21)16-14-6-5-11-3-1-2-4-13(11)15(14)16/h1-4,12,14-16,19H,5-8,10H2. The molecule has 0 radical (unpaired) electrons. The number of aryl methyl sites for hydroxylation is 1. The molecule has 4 unspecified atom stereocenters. The van der Waals surface area contributed by atoms with Gasteiger partial charge in [-0.25, -0.2) is 0 Å². The molecule has 4 atom stereocenters. The first-order chi connectivity index (χ1) is 10.3. The number of carbonyl (C=O) groups excluding carboxylic acids is 1. The lowest BCUT2D eigenvalue weighted by molar-refractivity contribution is -0.135. The maximum Gasteiger partial charge on any atom is 0.227 e. The van der Waals surface area contributed by atoms with Gasteiger partial charge in [0.1, 0.15) is 6.04 Å². The molecule has 4 heteroatoms. The first-order valence-electron chi connectivity index (χ1n) is 7.80. The number of carbonyl (C=O) groups is 1. The van der Waals surface area contributed by atoms with Crippen LogP contribution in [0.15, 0.2) is 24.3 Å². The van der Waals surface area contributed by atoms with Crippen molar-refractivity contribution in [2.75, 3.05) is 19.6 Å². The molecule has 0 spiro atoms. The molecule has 2 aliphatic carbocycles. The summed E-state index contributed by atoms with van der Waals surface area (Å²) in [5.41, 5.74) is 2.78. The number of piperazine rings is 1. The van der Waals surface area contributed by atoms with E-state index in [1.54, 1.807) is 0 Å². The van der Waals surface area contributed by atoms with Crippen LogP contribution in [-0.2, 0) is 11.2 Å². The molecule has 1 saturated carbocycles. The minimum absolute atomic E-state index is 0.114. The Kier molecular flexibility index (Phi) is 2.97. The highest BCUT2D eigenvalue weighted by Crippen LogP contribution is 2.60. The van der Waals surface area contributed by atoms with Crippen LogP contribution in [0.1, 0.15) is 23.5 Å².